The van der Waals surface area contributed by atoms with Gasteiger partial charge in [0.05, 0.1) is 5.92 Å². The summed E-state index contributed by atoms with van der Waals surface area (Å²) in [5, 5.41) is 9.11. The minimum atomic E-state index is -0.797. The third-order valence-electron chi connectivity index (χ3n) is 5.56. The summed E-state index contributed by atoms with van der Waals surface area (Å²) in [6.07, 6.45) is 8.18. The van der Waals surface area contributed by atoms with Gasteiger partial charge in [-0.1, -0.05) is 56.5 Å². The Balaban J connectivity index is 0.000000208. The number of carbonyl (C=O) groups is 2. The zero-order valence-electron chi connectivity index (χ0n) is 15.2. The Labute approximate surface area is 150 Å². The van der Waals surface area contributed by atoms with Crippen molar-refractivity contribution in [3.8, 4) is 0 Å². The molecule has 3 rings (SSSR count). The van der Waals surface area contributed by atoms with Crippen molar-refractivity contribution in [1.82, 2.24) is 0 Å². The Morgan fingerprint density at radius 2 is 1.80 bits per heavy atom. The van der Waals surface area contributed by atoms with Gasteiger partial charge in [-0.15, -0.1) is 0 Å². The predicted molar refractivity (Wildman–Crippen MR) is 99.2 cm³/mol. The van der Waals surface area contributed by atoms with E-state index in [1.54, 1.807) is 0 Å². The van der Waals surface area contributed by atoms with E-state index in [1.807, 2.05) is 6.92 Å². The van der Waals surface area contributed by atoms with Gasteiger partial charge in [0.2, 0.25) is 5.91 Å². The van der Waals surface area contributed by atoms with Gasteiger partial charge in [-0.05, 0) is 50.0 Å². The molecule has 0 aliphatic heterocycles. The third kappa shape index (κ3) is 5.58. The minimum Gasteiger partial charge on any atom is -0.481 e. The number of hydrogen-bond acceptors (Lipinski definition) is 2. The largest absolute Gasteiger partial charge is 0.481 e. The van der Waals surface area contributed by atoms with E-state index in [1.165, 1.54) is 18.4 Å². The summed E-state index contributed by atoms with van der Waals surface area (Å²) in [6.45, 7) is 1.96. The van der Waals surface area contributed by atoms with Crippen LogP contribution in [0.4, 0.5) is 0 Å². The number of aliphatic carboxylic acids is 1. The standard InChI is InChI=1S/C12H21NO3.C9H10/c1-2-5-9(10(14)15)8-12(11(13)16)6-3-4-7-12;1-2-4-8(5-3-1)9-6-7-9/h9H,2-8H2,1H3,(H2,13,16)(H,14,15);1-5,9H,6-7H2. The first kappa shape index (κ1) is 19.5. The van der Waals surface area contributed by atoms with Crippen molar-refractivity contribution >= 4 is 11.9 Å². The zero-order valence-corrected chi connectivity index (χ0v) is 15.2. The fraction of sp³-hybridized carbons (Fsp3) is 0.619. The highest BCUT2D eigenvalue weighted by Crippen LogP contribution is 2.43. The fourth-order valence-corrected chi connectivity index (χ4v) is 3.88. The van der Waals surface area contributed by atoms with Crippen molar-refractivity contribution in [1.29, 1.82) is 0 Å². The van der Waals surface area contributed by atoms with Crippen LogP contribution >= 0.6 is 0 Å². The summed E-state index contributed by atoms with van der Waals surface area (Å²) in [5.41, 5.74) is 6.43. The van der Waals surface area contributed by atoms with E-state index in [-0.39, 0.29) is 5.91 Å². The smallest absolute Gasteiger partial charge is 0.306 e. The number of amides is 1. The molecule has 1 aromatic rings. The first-order chi connectivity index (χ1) is 12.0. The number of primary amides is 1. The lowest BCUT2D eigenvalue weighted by atomic mass is 9.76. The fourth-order valence-electron chi connectivity index (χ4n) is 3.88. The molecule has 1 aromatic carbocycles. The van der Waals surface area contributed by atoms with Crippen molar-refractivity contribution in [2.45, 2.75) is 70.6 Å². The van der Waals surface area contributed by atoms with Crippen molar-refractivity contribution in [3.63, 3.8) is 0 Å². The SMILES string of the molecule is CCCC(CC1(C(N)=O)CCCC1)C(=O)O.c1ccc(C2CC2)cc1. The van der Waals surface area contributed by atoms with Gasteiger partial charge < -0.3 is 10.8 Å². The molecule has 0 bridgehead atoms. The van der Waals surface area contributed by atoms with Crippen molar-refractivity contribution < 1.29 is 14.7 Å². The summed E-state index contributed by atoms with van der Waals surface area (Å²) in [4.78, 5) is 22.6. The summed E-state index contributed by atoms with van der Waals surface area (Å²) < 4.78 is 0. The molecule has 1 amide bonds. The van der Waals surface area contributed by atoms with Gasteiger partial charge >= 0.3 is 5.97 Å². The van der Waals surface area contributed by atoms with Crippen LogP contribution in [0.2, 0.25) is 0 Å². The van der Waals surface area contributed by atoms with E-state index in [0.717, 1.165) is 38.0 Å². The van der Waals surface area contributed by atoms with Crippen molar-refractivity contribution in [2.24, 2.45) is 17.1 Å². The average molecular weight is 345 g/mol. The second-order valence-corrected chi connectivity index (χ2v) is 7.56. The number of carboxylic acid groups (broad SMARTS) is 1. The molecule has 4 nitrogen and oxygen atoms in total. The number of nitrogens with two attached hydrogens (primary N) is 1. The minimum absolute atomic E-state index is 0.313. The van der Waals surface area contributed by atoms with E-state index in [0.29, 0.717) is 12.8 Å². The molecule has 2 aliphatic rings. The van der Waals surface area contributed by atoms with Gasteiger partial charge in [0.15, 0.2) is 0 Å². The number of carbonyl (C=O) groups excluding carboxylic acids is 1. The highest BCUT2D eigenvalue weighted by atomic mass is 16.4. The molecular formula is C21H31NO3. The lowest BCUT2D eigenvalue weighted by Gasteiger charge is -2.28. The van der Waals surface area contributed by atoms with Crippen LogP contribution in [-0.4, -0.2) is 17.0 Å². The van der Waals surface area contributed by atoms with Crippen LogP contribution < -0.4 is 5.73 Å². The molecule has 4 heteroatoms. The molecule has 138 valence electrons. The van der Waals surface area contributed by atoms with Crippen molar-refractivity contribution in [3.05, 3.63) is 35.9 Å². The Bertz CT molecular complexity index is 560. The lowest BCUT2D eigenvalue weighted by molar-refractivity contribution is -0.144. The monoisotopic (exact) mass is 345 g/mol. The number of rotatable bonds is 7. The van der Waals surface area contributed by atoms with E-state index in [2.05, 4.69) is 30.3 Å². The molecular weight excluding hydrogens is 314 g/mol. The topological polar surface area (TPSA) is 80.4 Å². The predicted octanol–water partition coefficient (Wildman–Crippen LogP) is 4.49. The first-order valence-corrected chi connectivity index (χ1v) is 9.56. The third-order valence-corrected chi connectivity index (χ3v) is 5.56. The Kier molecular flexibility index (Phi) is 7.03. The van der Waals surface area contributed by atoms with Gasteiger partial charge in [0.25, 0.3) is 0 Å². The van der Waals surface area contributed by atoms with Gasteiger partial charge in [-0.2, -0.15) is 0 Å². The maximum Gasteiger partial charge on any atom is 0.306 e. The summed E-state index contributed by atoms with van der Waals surface area (Å²) in [7, 11) is 0. The highest BCUT2D eigenvalue weighted by Gasteiger charge is 2.42. The molecule has 25 heavy (non-hydrogen) atoms. The molecule has 2 fully saturated rings. The Hall–Kier alpha value is -1.84. The van der Waals surface area contributed by atoms with Crippen LogP contribution in [-0.2, 0) is 9.59 Å². The van der Waals surface area contributed by atoms with E-state index in [9.17, 15) is 9.59 Å². The van der Waals surface area contributed by atoms with Crippen LogP contribution in [0, 0.1) is 11.3 Å². The normalized spacial score (nSPS) is 19.6. The molecule has 1 unspecified atom stereocenters. The number of hydrogen-bond donors (Lipinski definition) is 2. The van der Waals surface area contributed by atoms with Crippen molar-refractivity contribution in [2.75, 3.05) is 0 Å². The van der Waals surface area contributed by atoms with Crippen LogP contribution in [0.1, 0.15) is 76.2 Å². The summed E-state index contributed by atoms with van der Waals surface area (Å²) in [5.74, 6) is -0.622. The van der Waals surface area contributed by atoms with Crippen LogP contribution in [0.25, 0.3) is 0 Å². The van der Waals surface area contributed by atoms with Crippen LogP contribution in [0.5, 0.6) is 0 Å². The van der Waals surface area contributed by atoms with Crippen LogP contribution in [0.15, 0.2) is 30.3 Å². The molecule has 1 atom stereocenters. The zero-order chi connectivity index (χ0) is 18.3. The lowest BCUT2D eigenvalue weighted by Crippen LogP contribution is -2.37. The second-order valence-electron chi connectivity index (χ2n) is 7.56. The average Bonchev–Trinajstić information content (AvgIpc) is 3.34. The summed E-state index contributed by atoms with van der Waals surface area (Å²) >= 11 is 0. The Morgan fingerprint density at radius 1 is 1.20 bits per heavy atom. The quantitative estimate of drug-likeness (QED) is 0.764. The molecule has 0 aromatic heterocycles. The van der Waals surface area contributed by atoms with Gasteiger partial charge in [-0.3, -0.25) is 9.59 Å². The summed E-state index contributed by atoms with van der Waals surface area (Å²) in [6, 6.07) is 10.8. The number of carboxylic acids is 1. The molecule has 0 radical (unpaired) electrons. The highest BCUT2D eigenvalue weighted by molar-refractivity contribution is 5.82. The maximum absolute atomic E-state index is 11.5. The Morgan fingerprint density at radius 3 is 2.24 bits per heavy atom. The van der Waals surface area contributed by atoms with Gasteiger partial charge in [-0.25, -0.2) is 0 Å². The van der Waals surface area contributed by atoms with E-state index >= 15 is 0 Å². The second kappa shape index (κ2) is 9.02. The first-order valence-electron chi connectivity index (χ1n) is 9.56. The molecule has 3 N–H and O–H groups in total. The molecule has 2 saturated carbocycles. The molecule has 2 aliphatic carbocycles. The van der Waals surface area contributed by atoms with Crippen LogP contribution in [0.3, 0.4) is 0 Å². The van der Waals surface area contributed by atoms with Gasteiger partial charge in [0, 0.05) is 5.41 Å². The molecule has 0 heterocycles. The van der Waals surface area contributed by atoms with Gasteiger partial charge in [0.1, 0.15) is 0 Å². The van der Waals surface area contributed by atoms with E-state index in [4.69, 9.17) is 10.8 Å². The number of benzene rings is 1. The maximum atomic E-state index is 11.5. The molecule has 0 spiro atoms. The van der Waals surface area contributed by atoms with E-state index < -0.39 is 17.3 Å². The molecule has 0 saturated heterocycles.